The predicted molar refractivity (Wildman–Crippen MR) is 102 cm³/mol. The summed E-state index contributed by atoms with van der Waals surface area (Å²) in [6, 6.07) is 0.756. The van der Waals surface area contributed by atoms with Crippen LogP contribution in [-0.2, 0) is 20.9 Å². The van der Waals surface area contributed by atoms with Crippen molar-refractivity contribution in [2.24, 2.45) is 5.92 Å². The number of rotatable bonds is 5. The molecule has 9 heteroatoms. The van der Waals surface area contributed by atoms with Crippen LogP contribution in [0.1, 0.15) is 31.7 Å². The van der Waals surface area contributed by atoms with E-state index in [0.717, 1.165) is 12.8 Å². The van der Waals surface area contributed by atoms with Crippen molar-refractivity contribution in [3.8, 4) is 0 Å². The number of amides is 3. The van der Waals surface area contributed by atoms with Crippen LogP contribution in [-0.4, -0.2) is 70.3 Å². The second-order valence-corrected chi connectivity index (χ2v) is 8.27. The fourth-order valence-electron chi connectivity index (χ4n) is 4.31. The normalized spacial score (nSPS) is 27.3. The largest absolute Gasteiger partial charge is 0.352 e. The molecule has 0 aromatic carbocycles. The highest BCUT2D eigenvalue weighted by Gasteiger charge is 2.43. The molecule has 4 rings (SSSR count). The molecule has 2 saturated heterocycles. The maximum absolute atomic E-state index is 14.1. The SMILES string of the molecule is CC(=O)N[C@H]1C[C@H]2CN(Cc3ccncc3F)C[C@H](NC(=O)C3CC3)C(=O)N2C1. The molecule has 156 valence electrons. The van der Waals surface area contributed by atoms with Gasteiger partial charge in [-0.25, -0.2) is 4.39 Å². The lowest BCUT2D eigenvalue weighted by molar-refractivity contribution is -0.136. The van der Waals surface area contributed by atoms with Gasteiger partial charge in [0.2, 0.25) is 17.7 Å². The van der Waals surface area contributed by atoms with E-state index in [9.17, 15) is 18.8 Å². The van der Waals surface area contributed by atoms with Crippen LogP contribution < -0.4 is 10.6 Å². The van der Waals surface area contributed by atoms with Gasteiger partial charge in [0.25, 0.3) is 0 Å². The molecule has 3 aliphatic rings. The average molecular weight is 403 g/mol. The van der Waals surface area contributed by atoms with E-state index in [-0.39, 0.29) is 41.5 Å². The number of carbonyl (C=O) groups excluding carboxylic acids is 3. The molecule has 3 heterocycles. The quantitative estimate of drug-likeness (QED) is 0.724. The number of fused-ring (bicyclic) bond motifs is 1. The molecular formula is C20H26FN5O3. The lowest BCUT2D eigenvalue weighted by Gasteiger charge is -2.25. The molecule has 3 amide bonds. The molecule has 1 aromatic heterocycles. The number of hydrogen-bond acceptors (Lipinski definition) is 5. The van der Waals surface area contributed by atoms with Gasteiger partial charge in [0, 0.05) is 62.9 Å². The predicted octanol–water partition coefficient (Wildman–Crippen LogP) is 0.0367. The number of halogens is 1. The highest BCUT2D eigenvalue weighted by molar-refractivity contribution is 5.90. The Morgan fingerprint density at radius 3 is 2.72 bits per heavy atom. The van der Waals surface area contributed by atoms with Crippen LogP contribution in [0.4, 0.5) is 4.39 Å². The Bertz CT molecular complexity index is 815. The van der Waals surface area contributed by atoms with Crippen LogP contribution >= 0.6 is 0 Å². The molecule has 0 unspecified atom stereocenters. The van der Waals surface area contributed by atoms with Crippen LogP contribution in [0, 0.1) is 11.7 Å². The van der Waals surface area contributed by atoms with E-state index in [1.165, 1.54) is 13.1 Å². The topological polar surface area (TPSA) is 94.6 Å². The molecule has 29 heavy (non-hydrogen) atoms. The van der Waals surface area contributed by atoms with Gasteiger partial charge in [0.05, 0.1) is 6.20 Å². The van der Waals surface area contributed by atoms with Gasteiger partial charge in [0.15, 0.2) is 0 Å². The van der Waals surface area contributed by atoms with Crippen molar-refractivity contribution in [2.45, 2.75) is 50.9 Å². The van der Waals surface area contributed by atoms with Crippen molar-refractivity contribution in [1.29, 1.82) is 0 Å². The van der Waals surface area contributed by atoms with Crippen LogP contribution in [0.5, 0.6) is 0 Å². The molecule has 2 aliphatic heterocycles. The summed E-state index contributed by atoms with van der Waals surface area (Å²) in [5.74, 6) is -0.738. The van der Waals surface area contributed by atoms with Crippen molar-refractivity contribution in [2.75, 3.05) is 19.6 Å². The standard InChI is InChI=1S/C20H26FN5O3/c1-12(27)23-15-6-16-10-25(8-14-4-5-22-7-17(14)21)11-18(20(29)26(16)9-15)24-19(28)13-2-3-13/h4-5,7,13,15-16,18H,2-3,6,8-11H2,1H3,(H,23,27)(H,24,28)/t15-,16-,18-/m0/s1. The van der Waals surface area contributed by atoms with Gasteiger partial charge >= 0.3 is 0 Å². The summed E-state index contributed by atoms with van der Waals surface area (Å²) in [7, 11) is 0. The summed E-state index contributed by atoms with van der Waals surface area (Å²) in [5.41, 5.74) is 0.504. The van der Waals surface area contributed by atoms with E-state index in [2.05, 4.69) is 15.6 Å². The third-order valence-corrected chi connectivity index (χ3v) is 5.83. The van der Waals surface area contributed by atoms with Gasteiger partial charge in [-0.15, -0.1) is 0 Å². The van der Waals surface area contributed by atoms with Gasteiger partial charge in [-0.3, -0.25) is 24.3 Å². The molecule has 0 radical (unpaired) electrons. The van der Waals surface area contributed by atoms with Crippen molar-refractivity contribution in [1.82, 2.24) is 25.4 Å². The Morgan fingerprint density at radius 1 is 1.24 bits per heavy atom. The van der Waals surface area contributed by atoms with Crippen molar-refractivity contribution >= 4 is 17.7 Å². The van der Waals surface area contributed by atoms with Crippen LogP contribution in [0.3, 0.4) is 0 Å². The zero-order valence-corrected chi connectivity index (χ0v) is 16.4. The molecule has 0 spiro atoms. The van der Waals surface area contributed by atoms with Crippen molar-refractivity contribution in [3.63, 3.8) is 0 Å². The van der Waals surface area contributed by atoms with E-state index in [1.54, 1.807) is 17.2 Å². The molecule has 3 fully saturated rings. The first-order chi connectivity index (χ1) is 13.9. The first-order valence-corrected chi connectivity index (χ1v) is 10.1. The second-order valence-electron chi connectivity index (χ2n) is 8.27. The fourth-order valence-corrected chi connectivity index (χ4v) is 4.31. The van der Waals surface area contributed by atoms with Crippen molar-refractivity contribution < 1.29 is 18.8 Å². The lowest BCUT2D eigenvalue weighted by Crippen LogP contribution is -2.52. The molecule has 1 aromatic rings. The molecular weight excluding hydrogens is 377 g/mol. The molecule has 0 bridgehead atoms. The highest BCUT2D eigenvalue weighted by Crippen LogP contribution is 2.30. The summed E-state index contributed by atoms with van der Waals surface area (Å²) in [6.45, 7) is 3.10. The average Bonchev–Trinajstić information content (AvgIpc) is 3.45. The van der Waals surface area contributed by atoms with Crippen molar-refractivity contribution in [3.05, 3.63) is 29.8 Å². The first-order valence-electron chi connectivity index (χ1n) is 10.1. The minimum absolute atomic E-state index is 0.00125. The van der Waals surface area contributed by atoms with Gasteiger partial charge < -0.3 is 15.5 Å². The Hall–Kier alpha value is -2.55. The first kappa shape index (κ1) is 19.8. The molecule has 3 atom stereocenters. The van der Waals surface area contributed by atoms with Gasteiger partial charge in [-0.05, 0) is 25.3 Å². The zero-order chi connectivity index (χ0) is 20.5. The number of pyridine rings is 1. The smallest absolute Gasteiger partial charge is 0.246 e. The summed E-state index contributed by atoms with van der Waals surface area (Å²) in [4.78, 5) is 44.5. The Labute approximate surface area is 168 Å². The number of nitrogens with zero attached hydrogens (tertiary/aromatic N) is 3. The second kappa shape index (κ2) is 8.06. The summed E-state index contributed by atoms with van der Waals surface area (Å²) in [6.07, 6.45) is 5.08. The molecule has 1 aliphatic carbocycles. The third-order valence-electron chi connectivity index (χ3n) is 5.83. The van der Waals surface area contributed by atoms with E-state index < -0.39 is 6.04 Å². The minimum Gasteiger partial charge on any atom is -0.352 e. The third kappa shape index (κ3) is 4.55. The summed E-state index contributed by atoms with van der Waals surface area (Å²) >= 11 is 0. The molecule has 8 nitrogen and oxygen atoms in total. The van der Waals surface area contributed by atoms with E-state index >= 15 is 0 Å². The van der Waals surface area contributed by atoms with E-state index in [4.69, 9.17) is 0 Å². The Morgan fingerprint density at radius 2 is 2.03 bits per heavy atom. The van der Waals surface area contributed by atoms with Crippen LogP contribution in [0.2, 0.25) is 0 Å². The number of aromatic nitrogens is 1. The molecule has 2 N–H and O–H groups in total. The summed E-state index contributed by atoms with van der Waals surface area (Å²) < 4.78 is 14.1. The highest BCUT2D eigenvalue weighted by atomic mass is 19.1. The number of nitrogens with one attached hydrogen (secondary N) is 2. The van der Waals surface area contributed by atoms with Gasteiger partial charge in [0.1, 0.15) is 11.9 Å². The maximum Gasteiger partial charge on any atom is 0.246 e. The minimum atomic E-state index is -0.672. The Kier molecular flexibility index (Phi) is 5.49. The molecule has 1 saturated carbocycles. The van der Waals surface area contributed by atoms with Gasteiger partial charge in [-0.2, -0.15) is 0 Å². The van der Waals surface area contributed by atoms with E-state index in [1.807, 2.05) is 4.90 Å². The Balaban J connectivity index is 1.54. The monoisotopic (exact) mass is 403 g/mol. The van der Waals surface area contributed by atoms with Crippen LogP contribution in [0.25, 0.3) is 0 Å². The van der Waals surface area contributed by atoms with Gasteiger partial charge in [-0.1, -0.05) is 0 Å². The zero-order valence-electron chi connectivity index (χ0n) is 16.4. The van der Waals surface area contributed by atoms with E-state index in [0.29, 0.717) is 38.2 Å². The summed E-state index contributed by atoms with van der Waals surface area (Å²) in [5, 5.41) is 5.79. The fraction of sp³-hybridized carbons (Fsp3) is 0.600. The van der Waals surface area contributed by atoms with Crippen LogP contribution in [0.15, 0.2) is 18.5 Å². The number of hydrogen-bond donors (Lipinski definition) is 2. The maximum atomic E-state index is 14.1. The number of carbonyl (C=O) groups is 3. The lowest BCUT2D eigenvalue weighted by atomic mass is 10.1.